The van der Waals surface area contributed by atoms with Gasteiger partial charge in [-0.3, -0.25) is 14.3 Å². The Bertz CT molecular complexity index is 985. The Labute approximate surface area is 180 Å². The van der Waals surface area contributed by atoms with Crippen LogP contribution in [-0.2, 0) is 13.0 Å². The van der Waals surface area contributed by atoms with E-state index in [0.29, 0.717) is 11.5 Å². The molecule has 4 rings (SSSR count). The fourth-order valence-corrected chi connectivity index (χ4v) is 4.62. The number of nitrogens with two attached hydrogens (primary N) is 1. The van der Waals surface area contributed by atoms with Crippen molar-refractivity contribution in [1.29, 1.82) is 0 Å². The van der Waals surface area contributed by atoms with E-state index in [0.717, 1.165) is 36.7 Å². The minimum atomic E-state index is 0.367. The van der Waals surface area contributed by atoms with Gasteiger partial charge in [0.2, 0.25) is 0 Å². The maximum Gasteiger partial charge on any atom is 0.138 e. The molecule has 2 N–H and O–H groups in total. The van der Waals surface area contributed by atoms with Crippen molar-refractivity contribution in [3.8, 4) is 0 Å². The molecule has 1 aliphatic carbocycles. The van der Waals surface area contributed by atoms with Gasteiger partial charge in [-0.05, 0) is 67.8 Å². The highest BCUT2D eigenvalue weighted by Gasteiger charge is 2.27. The van der Waals surface area contributed by atoms with E-state index >= 15 is 0 Å². The predicted molar refractivity (Wildman–Crippen MR) is 123 cm³/mol. The number of nitrogens with zero attached hydrogens (tertiary/aromatic N) is 4. The summed E-state index contributed by atoms with van der Waals surface area (Å²) in [7, 11) is 0. The van der Waals surface area contributed by atoms with Crippen LogP contribution in [0.5, 0.6) is 0 Å². The lowest BCUT2D eigenvalue weighted by atomic mass is 9.89. The Kier molecular flexibility index (Phi) is 6.09. The second-order valence-corrected chi connectivity index (χ2v) is 9.86. The van der Waals surface area contributed by atoms with E-state index in [2.05, 4.69) is 44.0 Å². The molecule has 3 heterocycles. The maximum absolute atomic E-state index is 6.14. The number of imidazole rings is 1. The van der Waals surface area contributed by atoms with E-state index in [1.807, 2.05) is 28.8 Å². The van der Waals surface area contributed by atoms with Gasteiger partial charge in [0.25, 0.3) is 0 Å². The van der Waals surface area contributed by atoms with Crippen LogP contribution in [-0.4, -0.2) is 25.8 Å². The number of unbranched alkanes of at least 4 members (excludes halogenated alkanes) is 1. The molecule has 3 aromatic heterocycles. The number of aryl methyl sites for hydroxylation is 1. The number of hydrogen-bond acceptors (Lipinski definition) is 4. The SMILES string of the molecule is CC(C)(C)CCCCN(Cc1cn2c(N)cccc2n1)C1CCCc2cccnc21. The molecule has 1 aliphatic rings. The number of aromatic nitrogens is 3. The highest BCUT2D eigenvalue weighted by Crippen LogP contribution is 2.34. The van der Waals surface area contributed by atoms with Crippen molar-refractivity contribution in [2.24, 2.45) is 5.41 Å². The lowest BCUT2D eigenvalue weighted by Gasteiger charge is -2.35. The van der Waals surface area contributed by atoms with Crippen LogP contribution in [0.1, 0.15) is 75.9 Å². The van der Waals surface area contributed by atoms with Crippen molar-refractivity contribution >= 4 is 11.5 Å². The molecule has 5 heteroatoms. The predicted octanol–water partition coefficient (Wildman–Crippen LogP) is 5.41. The minimum Gasteiger partial charge on any atom is -0.385 e. The van der Waals surface area contributed by atoms with Gasteiger partial charge < -0.3 is 5.73 Å². The summed E-state index contributed by atoms with van der Waals surface area (Å²) in [4.78, 5) is 12.3. The maximum atomic E-state index is 6.14. The summed E-state index contributed by atoms with van der Waals surface area (Å²) in [5, 5.41) is 0. The molecular formula is C25H35N5. The van der Waals surface area contributed by atoms with Gasteiger partial charge in [-0.2, -0.15) is 0 Å². The molecule has 160 valence electrons. The Morgan fingerprint density at radius 2 is 2.03 bits per heavy atom. The molecule has 30 heavy (non-hydrogen) atoms. The van der Waals surface area contributed by atoms with Crippen molar-refractivity contribution in [2.45, 2.75) is 71.9 Å². The van der Waals surface area contributed by atoms with Crippen LogP contribution in [0.4, 0.5) is 5.82 Å². The first-order valence-corrected chi connectivity index (χ1v) is 11.3. The van der Waals surface area contributed by atoms with Gasteiger partial charge in [0.15, 0.2) is 0 Å². The van der Waals surface area contributed by atoms with Crippen LogP contribution < -0.4 is 5.73 Å². The Hall–Kier alpha value is -2.40. The van der Waals surface area contributed by atoms with Gasteiger partial charge in [-0.15, -0.1) is 0 Å². The van der Waals surface area contributed by atoms with E-state index in [1.165, 1.54) is 43.4 Å². The number of hydrogen-bond donors (Lipinski definition) is 1. The second kappa shape index (κ2) is 8.76. The van der Waals surface area contributed by atoms with Gasteiger partial charge in [-0.25, -0.2) is 4.98 Å². The first kappa shape index (κ1) is 20.9. The zero-order valence-electron chi connectivity index (χ0n) is 18.6. The average Bonchev–Trinajstić information content (AvgIpc) is 3.13. The summed E-state index contributed by atoms with van der Waals surface area (Å²) in [6.45, 7) is 8.88. The van der Waals surface area contributed by atoms with E-state index in [-0.39, 0.29) is 0 Å². The van der Waals surface area contributed by atoms with Gasteiger partial charge in [0.05, 0.1) is 17.4 Å². The van der Waals surface area contributed by atoms with Crippen LogP contribution in [0.3, 0.4) is 0 Å². The molecule has 3 aromatic rings. The van der Waals surface area contributed by atoms with E-state index in [4.69, 9.17) is 15.7 Å². The first-order valence-electron chi connectivity index (χ1n) is 11.3. The third-order valence-electron chi connectivity index (χ3n) is 6.17. The van der Waals surface area contributed by atoms with Gasteiger partial charge >= 0.3 is 0 Å². The zero-order valence-corrected chi connectivity index (χ0v) is 18.6. The molecule has 0 saturated heterocycles. The molecule has 5 nitrogen and oxygen atoms in total. The third kappa shape index (κ3) is 4.84. The Morgan fingerprint density at radius 3 is 2.83 bits per heavy atom. The monoisotopic (exact) mass is 405 g/mol. The normalized spacial score (nSPS) is 16.9. The Morgan fingerprint density at radius 1 is 1.17 bits per heavy atom. The minimum absolute atomic E-state index is 0.367. The second-order valence-electron chi connectivity index (χ2n) is 9.86. The lowest BCUT2D eigenvalue weighted by Crippen LogP contribution is -2.32. The Balaban J connectivity index is 1.56. The molecule has 0 amide bonds. The number of rotatable bonds is 7. The third-order valence-corrected chi connectivity index (χ3v) is 6.17. The fourth-order valence-electron chi connectivity index (χ4n) is 4.62. The number of pyridine rings is 2. The largest absolute Gasteiger partial charge is 0.385 e. The molecule has 0 radical (unpaired) electrons. The van der Waals surface area contributed by atoms with Crippen LogP contribution >= 0.6 is 0 Å². The molecule has 0 bridgehead atoms. The summed E-state index contributed by atoms with van der Waals surface area (Å²) < 4.78 is 1.99. The number of nitrogen functional groups attached to an aromatic ring is 1. The summed E-state index contributed by atoms with van der Waals surface area (Å²) in [5.41, 5.74) is 11.2. The molecule has 0 aromatic carbocycles. The summed E-state index contributed by atoms with van der Waals surface area (Å²) in [6, 6.07) is 10.6. The molecule has 1 atom stereocenters. The van der Waals surface area contributed by atoms with Gasteiger partial charge in [0.1, 0.15) is 11.5 Å². The highest BCUT2D eigenvalue weighted by molar-refractivity contribution is 5.48. The van der Waals surface area contributed by atoms with E-state index in [1.54, 1.807) is 0 Å². The molecule has 0 fully saturated rings. The first-order chi connectivity index (χ1) is 14.4. The molecule has 1 unspecified atom stereocenters. The smallest absolute Gasteiger partial charge is 0.138 e. The van der Waals surface area contributed by atoms with Crippen molar-refractivity contribution in [1.82, 2.24) is 19.3 Å². The molecule has 0 spiro atoms. The lowest BCUT2D eigenvalue weighted by molar-refractivity contribution is 0.158. The number of fused-ring (bicyclic) bond motifs is 2. The van der Waals surface area contributed by atoms with Crippen LogP contribution in [0.2, 0.25) is 0 Å². The topological polar surface area (TPSA) is 59.5 Å². The quantitative estimate of drug-likeness (QED) is 0.534. The molecule has 0 aliphatic heterocycles. The summed E-state index contributed by atoms with van der Waals surface area (Å²) in [6.07, 6.45) is 11.3. The zero-order chi connectivity index (χ0) is 21.1. The fraction of sp³-hybridized carbons (Fsp3) is 0.520. The molecule has 0 saturated carbocycles. The van der Waals surface area contributed by atoms with Crippen molar-refractivity contribution in [3.05, 3.63) is 59.7 Å². The van der Waals surface area contributed by atoms with Crippen LogP contribution in [0.25, 0.3) is 5.65 Å². The van der Waals surface area contributed by atoms with Gasteiger partial charge in [0, 0.05) is 18.9 Å². The summed E-state index contributed by atoms with van der Waals surface area (Å²) in [5.74, 6) is 0.729. The van der Waals surface area contributed by atoms with Crippen LogP contribution in [0.15, 0.2) is 42.7 Å². The van der Waals surface area contributed by atoms with Crippen molar-refractivity contribution in [3.63, 3.8) is 0 Å². The van der Waals surface area contributed by atoms with Crippen molar-refractivity contribution in [2.75, 3.05) is 12.3 Å². The van der Waals surface area contributed by atoms with E-state index in [9.17, 15) is 0 Å². The summed E-state index contributed by atoms with van der Waals surface area (Å²) >= 11 is 0. The van der Waals surface area contributed by atoms with Crippen molar-refractivity contribution < 1.29 is 0 Å². The van der Waals surface area contributed by atoms with Crippen LogP contribution in [0, 0.1) is 5.41 Å². The highest BCUT2D eigenvalue weighted by atomic mass is 15.2. The number of anilines is 1. The standard InChI is InChI=1S/C25H35N5/c1-25(2,3)14-4-5-16-29(21-11-6-9-19-10-8-15-27-24(19)21)17-20-18-30-22(26)12-7-13-23(30)28-20/h7-8,10,12-13,15,18,21H,4-6,9,11,14,16-17,26H2,1-3H3. The molecular weight excluding hydrogens is 370 g/mol. The average molecular weight is 406 g/mol. The van der Waals surface area contributed by atoms with E-state index < -0.39 is 0 Å². The van der Waals surface area contributed by atoms with Gasteiger partial charge in [-0.1, -0.05) is 39.3 Å².